The van der Waals surface area contributed by atoms with Crippen LogP contribution in [0.15, 0.2) is 17.5 Å². The molecule has 2 aromatic rings. The van der Waals surface area contributed by atoms with Gasteiger partial charge in [-0.05, 0) is 30.9 Å². The van der Waals surface area contributed by atoms with Crippen LogP contribution in [0.1, 0.15) is 16.3 Å². The minimum Gasteiger partial charge on any atom is -0.481 e. The summed E-state index contributed by atoms with van der Waals surface area (Å²) in [5, 5.41) is 5.38. The number of hydrogen-bond donors (Lipinski definition) is 1. The zero-order valence-electron chi connectivity index (χ0n) is 10.2. The number of aryl methyl sites for hydroxylation is 2. The molecule has 0 fully saturated rings. The Kier molecular flexibility index (Phi) is 3.58. The van der Waals surface area contributed by atoms with Crippen LogP contribution < -0.4 is 10.1 Å². The zero-order chi connectivity index (χ0) is 12.3. The fourth-order valence-corrected chi connectivity index (χ4v) is 2.34. The monoisotopic (exact) mass is 249 g/mol. The van der Waals surface area contributed by atoms with Crippen LogP contribution in [0, 0.1) is 13.8 Å². The van der Waals surface area contributed by atoms with Gasteiger partial charge in [-0.25, -0.2) is 4.98 Å². The second-order valence-electron chi connectivity index (χ2n) is 3.72. The Morgan fingerprint density at radius 3 is 2.82 bits per heavy atom. The van der Waals surface area contributed by atoms with Gasteiger partial charge in [0.2, 0.25) is 5.88 Å². The smallest absolute Gasteiger partial charge is 0.218 e. The number of methoxy groups -OCH3 is 1. The van der Waals surface area contributed by atoms with E-state index in [4.69, 9.17) is 4.74 Å². The molecule has 17 heavy (non-hydrogen) atoms. The Labute approximate surface area is 105 Å². The Balaban J connectivity index is 2.09. The summed E-state index contributed by atoms with van der Waals surface area (Å²) in [6, 6.07) is 3.92. The maximum absolute atomic E-state index is 5.11. The second kappa shape index (κ2) is 5.14. The van der Waals surface area contributed by atoms with Crippen LogP contribution >= 0.6 is 11.3 Å². The van der Waals surface area contributed by atoms with Gasteiger partial charge in [-0.15, -0.1) is 11.3 Å². The van der Waals surface area contributed by atoms with Crippen molar-refractivity contribution in [1.82, 2.24) is 9.97 Å². The van der Waals surface area contributed by atoms with Gasteiger partial charge in [0.1, 0.15) is 11.6 Å². The molecule has 0 aliphatic rings. The van der Waals surface area contributed by atoms with Crippen molar-refractivity contribution in [2.75, 3.05) is 12.4 Å². The first-order chi connectivity index (χ1) is 8.19. The number of ether oxygens (including phenoxy) is 1. The molecule has 4 nitrogen and oxygen atoms in total. The van der Waals surface area contributed by atoms with Crippen LogP contribution in [0.5, 0.6) is 5.88 Å². The fraction of sp³-hybridized carbons (Fsp3) is 0.333. The summed E-state index contributed by atoms with van der Waals surface area (Å²) in [5.41, 5.74) is 1.31. The van der Waals surface area contributed by atoms with Crippen molar-refractivity contribution in [2.24, 2.45) is 0 Å². The van der Waals surface area contributed by atoms with Gasteiger partial charge in [-0.2, -0.15) is 4.98 Å². The maximum Gasteiger partial charge on any atom is 0.218 e. The van der Waals surface area contributed by atoms with Crippen LogP contribution in [-0.2, 0) is 6.54 Å². The van der Waals surface area contributed by atoms with Crippen molar-refractivity contribution < 1.29 is 4.74 Å². The summed E-state index contributed by atoms with van der Waals surface area (Å²) in [5.74, 6) is 2.08. The van der Waals surface area contributed by atoms with E-state index in [0.717, 1.165) is 12.4 Å². The Morgan fingerprint density at radius 2 is 2.18 bits per heavy atom. The molecule has 0 aliphatic carbocycles. The molecule has 0 spiro atoms. The predicted octanol–water partition coefficient (Wildman–Crippen LogP) is 2.78. The standard InChI is InChI=1S/C12H15N3OS/c1-8-4-5-17-10(8)7-13-11-6-12(16-3)15-9(2)14-11/h4-6H,7H2,1-3H3,(H,13,14,15). The van der Waals surface area contributed by atoms with Crippen molar-refractivity contribution in [1.29, 1.82) is 0 Å². The van der Waals surface area contributed by atoms with E-state index >= 15 is 0 Å². The highest BCUT2D eigenvalue weighted by molar-refractivity contribution is 7.10. The van der Waals surface area contributed by atoms with Crippen molar-refractivity contribution in [3.05, 3.63) is 33.8 Å². The van der Waals surface area contributed by atoms with Gasteiger partial charge in [0.25, 0.3) is 0 Å². The molecule has 0 unspecified atom stereocenters. The van der Waals surface area contributed by atoms with Crippen molar-refractivity contribution >= 4 is 17.2 Å². The third-order valence-electron chi connectivity index (χ3n) is 2.42. The van der Waals surface area contributed by atoms with E-state index in [9.17, 15) is 0 Å². The highest BCUT2D eigenvalue weighted by atomic mass is 32.1. The number of hydrogen-bond acceptors (Lipinski definition) is 5. The molecular formula is C12H15N3OS. The van der Waals surface area contributed by atoms with E-state index < -0.39 is 0 Å². The summed E-state index contributed by atoms with van der Waals surface area (Å²) >= 11 is 1.75. The lowest BCUT2D eigenvalue weighted by Gasteiger charge is -2.07. The van der Waals surface area contributed by atoms with Gasteiger partial charge in [0.15, 0.2) is 0 Å². The lowest BCUT2D eigenvalue weighted by molar-refractivity contribution is 0.396. The first-order valence-corrected chi connectivity index (χ1v) is 6.23. The average molecular weight is 249 g/mol. The molecule has 0 radical (unpaired) electrons. The first kappa shape index (κ1) is 11.9. The number of nitrogens with zero attached hydrogens (tertiary/aromatic N) is 2. The Morgan fingerprint density at radius 1 is 1.35 bits per heavy atom. The molecule has 0 saturated heterocycles. The molecule has 0 atom stereocenters. The van der Waals surface area contributed by atoms with E-state index in [-0.39, 0.29) is 0 Å². The van der Waals surface area contributed by atoms with Crippen LogP contribution in [0.4, 0.5) is 5.82 Å². The number of anilines is 1. The topological polar surface area (TPSA) is 47.0 Å². The second-order valence-corrected chi connectivity index (χ2v) is 4.72. The summed E-state index contributed by atoms with van der Waals surface area (Å²) in [4.78, 5) is 9.78. The summed E-state index contributed by atoms with van der Waals surface area (Å²) < 4.78 is 5.11. The molecule has 90 valence electrons. The third-order valence-corrected chi connectivity index (χ3v) is 3.44. The SMILES string of the molecule is COc1cc(NCc2sccc2C)nc(C)n1. The predicted molar refractivity (Wildman–Crippen MR) is 69.7 cm³/mol. The summed E-state index contributed by atoms with van der Waals surface area (Å²) in [6.45, 7) is 4.74. The third kappa shape index (κ3) is 2.94. The summed E-state index contributed by atoms with van der Waals surface area (Å²) in [6.07, 6.45) is 0. The van der Waals surface area contributed by atoms with Crippen molar-refractivity contribution in [3.8, 4) is 5.88 Å². The molecule has 2 rings (SSSR count). The van der Waals surface area contributed by atoms with Crippen LogP contribution in [0.2, 0.25) is 0 Å². The van der Waals surface area contributed by atoms with Crippen molar-refractivity contribution in [3.63, 3.8) is 0 Å². The molecule has 0 aromatic carbocycles. The van der Waals surface area contributed by atoms with Gasteiger partial charge in [-0.3, -0.25) is 0 Å². The van der Waals surface area contributed by atoms with E-state index in [1.807, 2.05) is 6.92 Å². The molecule has 2 heterocycles. The molecule has 1 N–H and O–H groups in total. The Bertz CT molecular complexity index is 510. The minimum absolute atomic E-state index is 0.586. The molecule has 0 amide bonds. The van der Waals surface area contributed by atoms with E-state index in [2.05, 4.69) is 33.7 Å². The van der Waals surface area contributed by atoms with Crippen LogP contribution in [-0.4, -0.2) is 17.1 Å². The molecular weight excluding hydrogens is 234 g/mol. The van der Waals surface area contributed by atoms with Gasteiger partial charge in [-0.1, -0.05) is 0 Å². The zero-order valence-corrected chi connectivity index (χ0v) is 11.0. The number of nitrogens with one attached hydrogen (secondary N) is 1. The Hall–Kier alpha value is -1.62. The lowest BCUT2D eigenvalue weighted by atomic mass is 10.3. The molecule has 0 saturated carbocycles. The largest absolute Gasteiger partial charge is 0.481 e. The van der Waals surface area contributed by atoms with Crippen LogP contribution in [0.3, 0.4) is 0 Å². The normalized spacial score (nSPS) is 10.3. The maximum atomic E-state index is 5.11. The average Bonchev–Trinajstić information content (AvgIpc) is 2.71. The highest BCUT2D eigenvalue weighted by Crippen LogP contribution is 2.18. The van der Waals surface area contributed by atoms with Gasteiger partial charge < -0.3 is 10.1 Å². The molecule has 5 heteroatoms. The fourth-order valence-electron chi connectivity index (χ4n) is 1.49. The number of rotatable bonds is 4. The highest BCUT2D eigenvalue weighted by Gasteiger charge is 2.03. The molecule has 2 aromatic heterocycles. The van der Waals surface area contributed by atoms with Gasteiger partial charge in [0, 0.05) is 10.9 Å². The van der Waals surface area contributed by atoms with Crippen molar-refractivity contribution in [2.45, 2.75) is 20.4 Å². The summed E-state index contributed by atoms with van der Waals surface area (Å²) in [7, 11) is 1.61. The van der Waals surface area contributed by atoms with E-state index in [1.165, 1.54) is 10.4 Å². The van der Waals surface area contributed by atoms with Crippen LogP contribution in [0.25, 0.3) is 0 Å². The van der Waals surface area contributed by atoms with E-state index in [0.29, 0.717) is 11.7 Å². The number of aromatic nitrogens is 2. The molecule has 0 bridgehead atoms. The van der Waals surface area contributed by atoms with Gasteiger partial charge >= 0.3 is 0 Å². The van der Waals surface area contributed by atoms with Gasteiger partial charge in [0.05, 0.1) is 13.7 Å². The number of thiophene rings is 1. The van der Waals surface area contributed by atoms with E-state index in [1.54, 1.807) is 24.5 Å². The molecule has 0 aliphatic heterocycles. The first-order valence-electron chi connectivity index (χ1n) is 5.35. The lowest BCUT2D eigenvalue weighted by Crippen LogP contribution is -2.03. The minimum atomic E-state index is 0.586. The quantitative estimate of drug-likeness (QED) is 0.905.